The summed E-state index contributed by atoms with van der Waals surface area (Å²) in [6, 6.07) is 2.60. The van der Waals surface area contributed by atoms with Gasteiger partial charge >= 0.3 is 0 Å². The molecule has 2 rings (SSSR count). The van der Waals surface area contributed by atoms with Crippen LogP contribution in [-0.4, -0.2) is 22.6 Å². The van der Waals surface area contributed by atoms with E-state index in [0.717, 1.165) is 24.0 Å². The summed E-state index contributed by atoms with van der Waals surface area (Å²) in [7, 11) is 0. The van der Waals surface area contributed by atoms with E-state index in [-0.39, 0.29) is 0 Å². The SMILES string of the molecule is CCNc1cc(NC2CCCCCC2)nc(C)n1. The molecule has 0 aliphatic heterocycles. The molecule has 4 nitrogen and oxygen atoms in total. The Morgan fingerprint density at radius 3 is 2.44 bits per heavy atom. The first kappa shape index (κ1) is 13.1. The summed E-state index contributed by atoms with van der Waals surface area (Å²) in [4.78, 5) is 8.85. The van der Waals surface area contributed by atoms with Gasteiger partial charge in [0, 0.05) is 18.7 Å². The monoisotopic (exact) mass is 248 g/mol. The molecular formula is C14H24N4. The number of nitrogens with one attached hydrogen (secondary N) is 2. The van der Waals surface area contributed by atoms with Gasteiger partial charge in [-0.1, -0.05) is 25.7 Å². The number of aromatic nitrogens is 2. The van der Waals surface area contributed by atoms with E-state index in [2.05, 4.69) is 27.5 Å². The Balaban J connectivity index is 2.02. The molecular weight excluding hydrogens is 224 g/mol. The van der Waals surface area contributed by atoms with Gasteiger partial charge in [0.1, 0.15) is 17.5 Å². The van der Waals surface area contributed by atoms with Crippen LogP contribution < -0.4 is 10.6 Å². The fourth-order valence-corrected chi connectivity index (χ4v) is 2.55. The molecule has 1 saturated carbocycles. The molecule has 1 fully saturated rings. The van der Waals surface area contributed by atoms with Gasteiger partial charge in [-0.25, -0.2) is 9.97 Å². The second-order valence-corrected chi connectivity index (χ2v) is 5.05. The molecule has 18 heavy (non-hydrogen) atoms. The lowest BCUT2D eigenvalue weighted by molar-refractivity contribution is 0.617. The topological polar surface area (TPSA) is 49.8 Å². The van der Waals surface area contributed by atoms with Gasteiger partial charge in [0.2, 0.25) is 0 Å². The molecule has 0 spiro atoms. The molecule has 0 unspecified atom stereocenters. The summed E-state index contributed by atoms with van der Waals surface area (Å²) in [6.07, 6.45) is 7.95. The quantitative estimate of drug-likeness (QED) is 0.802. The van der Waals surface area contributed by atoms with Crippen molar-refractivity contribution in [3.05, 3.63) is 11.9 Å². The first-order valence-electron chi connectivity index (χ1n) is 7.14. The van der Waals surface area contributed by atoms with Crippen molar-refractivity contribution in [1.29, 1.82) is 0 Å². The van der Waals surface area contributed by atoms with Crippen LogP contribution in [0.4, 0.5) is 11.6 Å². The zero-order valence-corrected chi connectivity index (χ0v) is 11.5. The summed E-state index contributed by atoms with van der Waals surface area (Å²) < 4.78 is 0. The Hall–Kier alpha value is -1.32. The predicted molar refractivity (Wildman–Crippen MR) is 76.0 cm³/mol. The average molecular weight is 248 g/mol. The highest BCUT2D eigenvalue weighted by molar-refractivity contribution is 5.47. The van der Waals surface area contributed by atoms with Crippen LogP contribution in [0.1, 0.15) is 51.3 Å². The van der Waals surface area contributed by atoms with E-state index in [1.807, 2.05) is 13.0 Å². The highest BCUT2D eigenvalue weighted by Gasteiger charge is 2.13. The molecule has 100 valence electrons. The number of nitrogens with zero attached hydrogens (tertiary/aromatic N) is 2. The third-order valence-corrected chi connectivity index (χ3v) is 3.40. The van der Waals surface area contributed by atoms with Crippen LogP contribution in [0.3, 0.4) is 0 Å². The van der Waals surface area contributed by atoms with E-state index < -0.39 is 0 Å². The Morgan fingerprint density at radius 2 is 1.78 bits per heavy atom. The van der Waals surface area contributed by atoms with Gasteiger partial charge in [-0.15, -0.1) is 0 Å². The zero-order valence-electron chi connectivity index (χ0n) is 11.5. The molecule has 0 aromatic carbocycles. The molecule has 0 bridgehead atoms. The third kappa shape index (κ3) is 3.86. The molecule has 0 saturated heterocycles. The lowest BCUT2D eigenvalue weighted by Gasteiger charge is -2.17. The van der Waals surface area contributed by atoms with Crippen molar-refractivity contribution in [1.82, 2.24) is 9.97 Å². The van der Waals surface area contributed by atoms with E-state index in [4.69, 9.17) is 0 Å². The molecule has 0 atom stereocenters. The lowest BCUT2D eigenvalue weighted by Crippen LogP contribution is -2.19. The Labute approximate surface area is 110 Å². The van der Waals surface area contributed by atoms with Crippen LogP contribution in [0.2, 0.25) is 0 Å². The Kier molecular flexibility index (Phi) is 4.79. The summed E-state index contributed by atoms with van der Waals surface area (Å²) in [6.45, 7) is 4.91. The largest absolute Gasteiger partial charge is 0.370 e. The number of aryl methyl sites for hydroxylation is 1. The van der Waals surface area contributed by atoms with Crippen molar-refractivity contribution >= 4 is 11.6 Å². The minimum atomic E-state index is 0.580. The zero-order chi connectivity index (χ0) is 12.8. The van der Waals surface area contributed by atoms with Crippen molar-refractivity contribution in [3.8, 4) is 0 Å². The summed E-state index contributed by atoms with van der Waals surface area (Å²) >= 11 is 0. The van der Waals surface area contributed by atoms with E-state index in [9.17, 15) is 0 Å². The number of anilines is 2. The Morgan fingerprint density at radius 1 is 1.11 bits per heavy atom. The highest BCUT2D eigenvalue weighted by atomic mass is 15.1. The van der Waals surface area contributed by atoms with Crippen LogP contribution in [-0.2, 0) is 0 Å². The smallest absolute Gasteiger partial charge is 0.132 e. The van der Waals surface area contributed by atoms with E-state index in [1.165, 1.54) is 38.5 Å². The lowest BCUT2D eigenvalue weighted by atomic mass is 10.1. The van der Waals surface area contributed by atoms with Crippen LogP contribution in [0, 0.1) is 6.92 Å². The maximum atomic E-state index is 4.48. The van der Waals surface area contributed by atoms with E-state index in [1.54, 1.807) is 0 Å². The van der Waals surface area contributed by atoms with Crippen LogP contribution >= 0.6 is 0 Å². The van der Waals surface area contributed by atoms with Crippen molar-refractivity contribution < 1.29 is 0 Å². The third-order valence-electron chi connectivity index (χ3n) is 3.40. The molecule has 1 aromatic heterocycles. The summed E-state index contributed by atoms with van der Waals surface area (Å²) in [5.74, 6) is 2.70. The predicted octanol–water partition coefficient (Wildman–Crippen LogP) is 3.35. The molecule has 4 heteroatoms. The van der Waals surface area contributed by atoms with Crippen molar-refractivity contribution in [2.75, 3.05) is 17.2 Å². The maximum absolute atomic E-state index is 4.48. The normalized spacial score (nSPS) is 17.2. The summed E-state index contributed by atoms with van der Waals surface area (Å²) in [5.41, 5.74) is 0. The second kappa shape index (κ2) is 6.57. The molecule has 0 amide bonds. The number of hydrogen-bond acceptors (Lipinski definition) is 4. The minimum absolute atomic E-state index is 0.580. The van der Waals surface area contributed by atoms with Gasteiger partial charge in [0.25, 0.3) is 0 Å². The van der Waals surface area contributed by atoms with E-state index >= 15 is 0 Å². The molecule has 1 aliphatic rings. The van der Waals surface area contributed by atoms with Gasteiger partial charge in [-0.05, 0) is 26.7 Å². The van der Waals surface area contributed by atoms with Gasteiger partial charge in [0.15, 0.2) is 0 Å². The molecule has 2 N–H and O–H groups in total. The fraction of sp³-hybridized carbons (Fsp3) is 0.714. The number of hydrogen-bond donors (Lipinski definition) is 2. The van der Waals surface area contributed by atoms with Crippen LogP contribution in [0.15, 0.2) is 6.07 Å². The van der Waals surface area contributed by atoms with Gasteiger partial charge in [-0.3, -0.25) is 0 Å². The Bertz CT molecular complexity index is 370. The number of rotatable bonds is 4. The molecule has 1 heterocycles. The minimum Gasteiger partial charge on any atom is -0.370 e. The first-order chi connectivity index (χ1) is 8.78. The van der Waals surface area contributed by atoms with Crippen molar-refractivity contribution in [3.63, 3.8) is 0 Å². The standard InChI is InChI=1S/C14H24N4/c1-3-15-13-10-14(17-11(2)16-13)18-12-8-6-4-5-7-9-12/h10,12H,3-9H2,1-2H3,(H2,15,16,17,18). The summed E-state index contributed by atoms with van der Waals surface area (Å²) in [5, 5.41) is 6.82. The maximum Gasteiger partial charge on any atom is 0.132 e. The molecule has 0 radical (unpaired) electrons. The molecule has 1 aliphatic carbocycles. The van der Waals surface area contributed by atoms with Crippen LogP contribution in [0.25, 0.3) is 0 Å². The van der Waals surface area contributed by atoms with Crippen molar-refractivity contribution in [2.24, 2.45) is 0 Å². The fourth-order valence-electron chi connectivity index (χ4n) is 2.55. The molecule has 1 aromatic rings. The van der Waals surface area contributed by atoms with Gasteiger partial charge in [0.05, 0.1) is 0 Å². The average Bonchev–Trinajstić information content (AvgIpc) is 2.57. The first-order valence-corrected chi connectivity index (χ1v) is 7.14. The highest BCUT2D eigenvalue weighted by Crippen LogP contribution is 2.21. The van der Waals surface area contributed by atoms with E-state index in [0.29, 0.717) is 6.04 Å². The van der Waals surface area contributed by atoms with Crippen molar-refractivity contribution in [2.45, 2.75) is 58.4 Å². The second-order valence-electron chi connectivity index (χ2n) is 5.05. The van der Waals surface area contributed by atoms with Gasteiger partial charge in [-0.2, -0.15) is 0 Å². The van der Waals surface area contributed by atoms with Gasteiger partial charge < -0.3 is 10.6 Å². The van der Waals surface area contributed by atoms with Crippen LogP contribution in [0.5, 0.6) is 0 Å².